The number of Topliss-reactive ketones (excluding diaryl/α,β-unsaturated/α-hetero) is 1. The molecule has 2 N–H and O–H groups in total. The van der Waals surface area contributed by atoms with Gasteiger partial charge in [-0.15, -0.1) is 0 Å². The number of rotatable bonds is 11. The van der Waals surface area contributed by atoms with E-state index in [1.165, 1.54) is 7.11 Å². The summed E-state index contributed by atoms with van der Waals surface area (Å²) in [5, 5.41) is 12.7. The zero-order chi connectivity index (χ0) is 17.1. The van der Waals surface area contributed by atoms with Gasteiger partial charge in [-0.1, -0.05) is 30.4 Å². The number of nitrogens with one attached hydrogen (secondary N) is 1. The Balaban J connectivity index is 2.18. The molecule has 4 heteroatoms. The SMILES string of the molecule is C=C(C)/C=C/CCCCC(=O)CNCc1ccc(O)c(OC)c1. The van der Waals surface area contributed by atoms with Gasteiger partial charge >= 0.3 is 0 Å². The lowest BCUT2D eigenvalue weighted by Gasteiger charge is -2.08. The molecule has 0 heterocycles. The summed E-state index contributed by atoms with van der Waals surface area (Å²) in [6.07, 6.45) is 7.63. The maximum Gasteiger partial charge on any atom is 0.160 e. The van der Waals surface area contributed by atoms with Crippen LogP contribution in [0.4, 0.5) is 0 Å². The predicted octanol–water partition coefficient (Wildman–Crippen LogP) is 3.75. The number of unbranched alkanes of at least 4 members (excludes halogenated alkanes) is 2. The molecular formula is C19H27NO3. The quantitative estimate of drug-likeness (QED) is 0.482. The van der Waals surface area contributed by atoms with Crippen molar-refractivity contribution in [2.45, 2.75) is 39.2 Å². The first kappa shape index (κ1) is 19.0. The van der Waals surface area contributed by atoms with Crippen LogP contribution in [0.1, 0.15) is 38.2 Å². The number of benzene rings is 1. The lowest BCUT2D eigenvalue weighted by molar-refractivity contribution is -0.118. The third-order valence-electron chi connectivity index (χ3n) is 3.37. The Morgan fingerprint density at radius 3 is 2.87 bits per heavy atom. The standard InChI is InChI=1S/C19H27NO3/c1-15(2)8-6-4-5-7-9-17(21)14-20-13-16-10-11-18(22)19(12-16)23-3/h6,8,10-12,20,22H,1,4-5,7,9,13-14H2,2-3H3/b8-6+. The summed E-state index contributed by atoms with van der Waals surface area (Å²) in [6, 6.07) is 5.17. The van der Waals surface area contributed by atoms with Crippen LogP contribution in [-0.2, 0) is 11.3 Å². The maximum absolute atomic E-state index is 11.8. The largest absolute Gasteiger partial charge is 0.504 e. The van der Waals surface area contributed by atoms with Crippen LogP contribution in [0.5, 0.6) is 11.5 Å². The molecule has 1 aromatic carbocycles. The lowest BCUT2D eigenvalue weighted by atomic mass is 10.1. The number of allylic oxidation sites excluding steroid dienone is 3. The van der Waals surface area contributed by atoms with Crippen LogP contribution in [0.15, 0.2) is 42.5 Å². The highest BCUT2D eigenvalue weighted by molar-refractivity contribution is 5.80. The van der Waals surface area contributed by atoms with Gasteiger partial charge in [-0.2, -0.15) is 0 Å². The van der Waals surface area contributed by atoms with Crippen LogP contribution >= 0.6 is 0 Å². The molecule has 0 amide bonds. The van der Waals surface area contributed by atoms with Crippen LogP contribution in [0.25, 0.3) is 0 Å². The Kier molecular flexibility index (Phi) is 8.76. The van der Waals surface area contributed by atoms with Gasteiger partial charge in [-0.3, -0.25) is 4.79 Å². The van der Waals surface area contributed by atoms with E-state index in [0.717, 1.165) is 30.4 Å². The monoisotopic (exact) mass is 317 g/mol. The van der Waals surface area contributed by atoms with Crippen molar-refractivity contribution in [3.63, 3.8) is 0 Å². The molecule has 23 heavy (non-hydrogen) atoms. The van der Waals surface area contributed by atoms with Gasteiger partial charge in [0, 0.05) is 13.0 Å². The van der Waals surface area contributed by atoms with Crippen LogP contribution in [-0.4, -0.2) is 24.5 Å². The molecule has 1 rings (SSSR count). The van der Waals surface area contributed by atoms with E-state index < -0.39 is 0 Å². The van der Waals surface area contributed by atoms with E-state index in [4.69, 9.17) is 4.74 Å². The summed E-state index contributed by atoms with van der Waals surface area (Å²) >= 11 is 0. The summed E-state index contributed by atoms with van der Waals surface area (Å²) in [4.78, 5) is 11.8. The minimum absolute atomic E-state index is 0.119. The topological polar surface area (TPSA) is 58.6 Å². The molecule has 0 radical (unpaired) electrons. The smallest absolute Gasteiger partial charge is 0.160 e. The van der Waals surface area contributed by atoms with Gasteiger partial charge in [-0.25, -0.2) is 0 Å². The molecule has 0 aliphatic carbocycles. The number of ether oxygens (including phenoxy) is 1. The number of carbonyl (C=O) groups is 1. The van der Waals surface area contributed by atoms with Crippen molar-refractivity contribution >= 4 is 5.78 Å². The zero-order valence-corrected chi connectivity index (χ0v) is 14.1. The van der Waals surface area contributed by atoms with Gasteiger partial charge in [0.15, 0.2) is 11.5 Å². The van der Waals surface area contributed by atoms with Crippen LogP contribution < -0.4 is 10.1 Å². The fourth-order valence-corrected chi connectivity index (χ4v) is 2.14. The van der Waals surface area contributed by atoms with Crippen molar-refractivity contribution < 1.29 is 14.6 Å². The molecule has 0 aliphatic rings. The third kappa shape index (κ3) is 8.21. The summed E-state index contributed by atoms with van der Waals surface area (Å²) in [5.74, 6) is 0.783. The number of methoxy groups -OCH3 is 1. The molecule has 0 spiro atoms. The Hall–Kier alpha value is -2.07. The molecule has 0 aromatic heterocycles. The van der Waals surface area contributed by atoms with Gasteiger partial charge < -0.3 is 15.2 Å². The Morgan fingerprint density at radius 1 is 1.39 bits per heavy atom. The highest BCUT2D eigenvalue weighted by Gasteiger charge is 2.04. The maximum atomic E-state index is 11.8. The molecule has 0 unspecified atom stereocenters. The van der Waals surface area contributed by atoms with Crippen molar-refractivity contribution in [1.29, 1.82) is 0 Å². The van der Waals surface area contributed by atoms with Crippen LogP contribution in [0, 0.1) is 0 Å². The van der Waals surface area contributed by atoms with Crippen LogP contribution in [0.2, 0.25) is 0 Å². The molecular weight excluding hydrogens is 290 g/mol. The first-order chi connectivity index (χ1) is 11.0. The summed E-state index contributed by atoms with van der Waals surface area (Å²) in [5.41, 5.74) is 2.02. The van der Waals surface area contributed by atoms with E-state index in [2.05, 4.69) is 18.0 Å². The first-order valence-electron chi connectivity index (χ1n) is 7.93. The van der Waals surface area contributed by atoms with E-state index in [9.17, 15) is 9.90 Å². The van der Waals surface area contributed by atoms with Gasteiger partial charge in [0.1, 0.15) is 5.78 Å². The molecule has 1 aromatic rings. The summed E-state index contributed by atoms with van der Waals surface area (Å²) in [6.45, 7) is 6.71. The van der Waals surface area contributed by atoms with Crippen molar-refractivity contribution in [2.24, 2.45) is 0 Å². The average molecular weight is 317 g/mol. The number of hydrogen-bond acceptors (Lipinski definition) is 4. The molecule has 4 nitrogen and oxygen atoms in total. The molecule has 0 saturated carbocycles. The summed E-state index contributed by atoms with van der Waals surface area (Å²) in [7, 11) is 1.52. The molecule has 126 valence electrons. The van der Waals surface area contributed by atoms with Crippen molar-refractivity contribution in [2.75, 3.05) is 13.7 Å². The lowest BCUT2D eigenvalue weighted by Crippen LogP contribution is -2.22. The van der Waals surface area contributed by atoms with Crippen LogP contribution in [0.3, 0.4) is 0 Å². The Bertz CT molecular complexity index is 550. The number of phenols is 1. The predicted molar refractivity (Wildman–Crippen MR) is 93.8 cm³/mol. The molecule has 0 aliphatic heterocycles. The van der Waals surface area contributed by atoms with Gasteiger partial charge in [0.05, 0.1) is 13.7 Å². The van der Waals surface area contributed by atoms with Crippen molar-refractivity contribution in [3.05, 3.63) is 48.1 Å². The van der Waals surface area contributed by atoms with E-state index in [-0.39, 0.29) is 11.5 Å². The molecule has 0 bridgehead atoms. The molecule has 0 fully saturated rings. The van der Waals surface area contributed by atoms with Gasteiger partial charge in [-0.05, 0) is 43.9 Å². The molecule has 0 saturated heterocycles. The van der Waals surface area contributed by atoms with E-state index in [0.29, 0.717) is 25.3 Å². The number of ketones is 1. The second kappa shape index (κ2) is 10.6. The number of aromatic hydroxyl groups is 1. The normalized spacial score (nSPS) is 10.9. The van der Waals surface area contributed by atoms with Gasteiger partial charge in [0.2, 0.25) is 0 Å². The highest BCUT2D eigenvalue weighted by Crippen LogP contribution is 2.26. The third-order valence-corrected chi connectivity index (χ3v) is 3.37. The minimum Gasteiger partial charge on any atom is -0.504 e. The van der Waals surface area contributed by atoms with E-state index >= 15 is 0 Å². The van der Waals surface area contributed by atoms with Crippen molar-refractivity contribution in [3.8, 4) is 11.5 Å². The Labute approximate surface area is 138 Å². The molecule has 0 atom stereocenters. The number of carbonyl (C=O) groups excluding carboxylic acids is 1. The van der Waals surface area contributed by atoms with Crippen molar-refractivity contribution in [1.82, 2.24) is 5.32 Å². The number of hydrogen-bond donors (Lipinski definition) is 2. The minimum atomic E-state index is 0.119. The average Bonchev–Trinajstić information content (AvgIpc) is 2.52. The second-order valence-corrected chi connectivity index (χ2v) is 5.64. The first-order valence-corrected chi connectivity index (χ1v) is 7.93. The second-order valence-electron chi connectivity index (χ2n) is 5.64. The Morgan fingerprint density at radius 2 is 2.17 bits per heavy atom. The number of phenolic OH excluding ortho intramolecular Hbond substituents is 1. The van der Waals surface area contributed by atoms with E-state index in [1.54, 1.807) is 12.1 Å². The summed E-state index contributed by atoms with van der Waals surface area (Å²) < 4.78 is 5.06. The van der Waals surface area contributed by atoms with E-state index in [1.807, 2.05) is 19.1 Å². The van der Waals surface area contributed by atoms with Gasteiger partial charge in [0.25, 0.3) is 0 Å². The zero-order valence-electron chi connectivity index (χ0n) is 14.1. The highest BCUT2D eigenvalue weighted by atomic mass is 16.5. The fraction of sp³-hybridized carbons (Fsp3) is 0.421. The fourth-order valence-electron chi connectivity index (χ4n) is 2.14.